The molecule has 5 rings (SSSR count). The lowest BCUT2D eigenvalue weighted by molar-refractivity contribution is 0.0420. The Morgan fingerprint density at radius 3 is 2.31 bits per heavy atom. The Kier molecular flexibility index (Phi) is 5.64. The van der Waals surface area contributed by atoms with Gasteiger partial charge in [-0.1, -0.05) is 36.4 Å². The topological polar surface area (TPSA) is 101 Å². The average Bonchev–Trinajstić information content (AvgIpc) is 3.33. The van der Waals surface area contributed by atoms with Crippen LogP contribution < -0.4 is 4.31 Å². The van der Waals surface area contributed by atoms with Crippen molar-refractivity contribution in [3.05, 3.63) is 95.1 Å². The number of fused-ring (bicyclic) bond motifs is 2. The smallest absolute Gasteiger partial charge is 0.338 e. The van der Waals surface area contributed by atoms with Crippen LogP contribution in [0.5, 0.6) is 0 Å². The number of para-hydroxylation sites is 1. The van der Waals surface area contributed by atoms with Gasteiger partial charge in [-0.25, -0.2) is 13.2 Å². The molecule has 0 saturated carbocycles. The van der Waals surface area contributed by atoms with Crippen LogP contribution in [0.2, 0.25) is 0 Å². The largest absolute Gasteiger partial charge is 0.460 e. The maximum atomic E-state index is 13.4. The van der Waals surface area contributed by atoms with Gasteiger partial charge >= 0.3 is 5.97 Å². The van der Waals surface area contributed by atoms with Crippen molar-refractivity contribution in [1.82, 2.24) is 4.90 Å². The van der Waals surface area contributed by atoms with Gasteiger partial charge in [0.2, 0.25) is 0 Å². The second kappa shape index (κ2) is 8.66. The van der Waals surface area contributed by atoms with Gasteiger partial charge in [0.15, 0.2) is 0 Å². The van der Waals surface area contributed by atoms with E-state index in [1.54, 1.807) is 36.4 Å². The Labute approximate surface area is 202 Å². The van der Waals surface area contributed by atoms with Crippen molar-refractivity contribution in [2.45, 2.75) is 24.3 Å². The monoisotopic (exact) mass is 490 g/mol. The standard InChI is InChI=1S/C26H22N2O6S/c1-17-15-18-7-2-5-12-23(18)28(17)35(32,33)20-9-6-8-19(16-20)26(31)34-14-13-27-24(29)21-10-3-4-11-22(21)25(27)30/h2-12,16-17H,13-15H2,1H3/t17-/m1/s1. The molecule has 0 aromatic heterocycles. The van der Waals surface area contributed by atoms with E-state index in [9.17, 15) is 22.8 Å². The maximum absolute atomic E-state index is 13.4. The summed E-state index contributed by atoms with van der Waals surface area (Å²) >= 11 is 0. The molecule has 0 saturated heterocycles. The number of amides is 2. The molecule has 1 atom stereocenters. The molecule has 2 heterocycles. The van der Waals surface area contributed by atoms with Crippen molar-refractivity contribution in [2.24, 2.45) is 0 Å². The summed E-state index contributed by atoms with van der Waals surface area (Å²) in [6.45, 7) is 1.53. The number of hydrogen-bond acceptors (Lipinski definition) is 6. The highest BCUT2D eigenvalue weighted by molar-refractivity contribution is 7.92. The van der Waals surface area contributed by atoms with E-state index in [4.69, 9.17) is 4.74 Å². The fraction of sp³-hybridized carbons (Fsp3) is 0.192. The Morgan fingerprint density at radius 2 is 1.60 bits per heavy atom. The number of hydrogen-bond donors (Lipinski definition) is 0. The fourth-order valence-electron chi connectivity index (χ4n) is 4.56. The average molecular weight is 491 g/mol. The Bertz CT molecular complexity index is 1430. The summed E-state index contributed by atoms with van der Waals surface area (Å²) in [4.78, 5) is 38.5. The number of rotatable bonds is 6. The molecule has 9 heteroatoms. The predicted octanol–water partition coefficient (Wildman–Crippen LogP) is 3.28. The van der Waals surface area contributed by atoms with Crippen LogP contribution in [-0.2, 0) is 21.2 Å². The summed E-state index contributed by atoms with van der Waals surface area (Å²) in [5.41, 5.74) is 2.29. The molecule has 3 aromatic rings. The number of nitrogens with zero attached hydrogens (tertiary/aromatic N) is 2. The fourth-order valence-corrected chi connectivity index (χ4v) is 6.29. The van der Waals surface area contributed by atoms with Gasteiger partial charge in [-0.2, -0.15) is 0 Å². The molecular weight excluding hydrogens is 468 g/mol. The summed E-state index contributed by atoms with van der Waals surface area (Å²) in [5, 5.41) is 0. The van der Waals surface area contributed by atoms with Gasteiger partial charge in [-0.3, -0.25) is 18.8 Å². The van der Waals surface area contributed by atoms with Crippen molar-refractivity contribution in [2.75, 3.05) is 17.5 Å². The second-order valence-electron chi connectivity index (χ2n) is 8.45. The Hall–Kier alpha value is -3.98. The zero-order valence-corrected chi connectivity index (χ0v) is 19.7. The number of sulfonamides is 1. The summed E-state index contributed by atoms with van der Waals surface area (Å²) in [6.07, 6.45) is 0.606. The number of ether oxygens (including phenoxy) is 1. The summed E-state index contributed by atoms with van der Waals surface area (Å²) < 4.78 is 33.5. The van der Waals surface area contributed by atoms with Gasteiger partial charge in [-0.15, -0.1) is 0 Å². The minimum absolute atomic E-state index is 0.0177. The second-order valence-corrected chi connectivity index (χ2v) is 10.3. The van der Waals surface area contributed by atoms with Crippen LogP contribution in [0.15, 0.2) is 77.7 Å². The van der Waals surface area contributed by atoms with Crippen LogP contribution >= 0.6 is 0 Å². The van der Waals surface area contributed by atoms with E-state index in [1.165, 1.54) is 28.6 Å². The van der Waals surface area contributed by atoms with Gasteiger partial charge in [0.25, 0.3) is 21.8 Å². The van der Waals surface area contributed by atoms with Crippen LogP contribution in [-0.4, -0.2) is 50.3 Å². The van der Waals surface area contributed by atoms with Crippen LogP contribution in [0, 0.1) is 0 Å². The van der Waals surface area contributed by atoms with E-state index in [-0.39, 0.29) is 29.7 Å². The molecule has 0 radical (unpaired) electrons. The van der Waals surface area contributed by atoms with Crippen molar-refractivity contribution in [1.29, 1.82) is 0 Å². The number of esters is 1. The van der Waals surface area contributed by atoms with E-state index in [0.29, 0.717) is 23.2 Å². The lowest BCUT2D eigenvalue weighted by atomic mass is 10.1. The van der Waals surface area contributed by atoms with Crippen molar-refractivity contribution in [3.8, 4) is 0 Å². The van der Waals surface area contributed by atoms with Crippen LogP contribution in [0.25, 0.3) is 0 Å². The number of carbonyl (C=O) groups is 3. The normalized spacial score (nSPS) is 16.9. The number of carbonyl (C=O) groups excluding carboxylic acids is 3. The highest BCUT2D eigenvalue weighted by Gasteiger charge is 2.37. The Balaban J connectivity index is 1.29. The first-order valence-electron chi connectivity index (χ1n) is 11.1. The van der Waals surface area contributed by atoms with Crippen molar-refractivity contribution in [3.63, 3.8) is 0 Å². The molecular formula is C26H22N2O6S. The summed E-state index contributed by atoms with van der Waals surface area (Å²) in [6, 6.07) is 19.3. The zero-order valence-electron chi connectivity index (χ0n) is 18.9. The van der Waals surface area contributed by atoms with Crippen LogP contribution in [0.4, 0.5) is 5.69 Å². The lowest BCUT2D eigenvalue weighted by Gasteiger charge is -2.24. The van der Waals surface area contributed by atoms with E-state index in [2.05, 4.69) is 0 Å². The van der Waals surface area contributed by atoms with Gasteiger partial charge in [0.1, 0.15) is 6.61 Å². The first-order valence-corrected chi connectivity index (χ1v) is 12.6. The van der Waals surface area contributed by atoms with Gasteiger partial charge < -0.3 is 4.74 Å². The molecule has 0 N–H and O–H groups in total. The molecule has 2 amide bonds. The third kappa shape index (κ3) is 3.87. The molecule has 0 spiro atoms. The molecule has 178 valence electrons. The number of imide groups is 1. The molecule has 0 aliphatic carbocycles. The minimum Gasteiger partial charge on any atom is -0.460 e. The molecule has 0 unspecified atom stereocenters. The molecule has 8 nitrogen and oxygen atoms in total. The molecule has 2 aliphatic heterocycles. The van der Waals surface area contributed by atoms with E-state index in [0.717, 1.165) is 10.5 Å². The van der Waals surface area contributed by atoms with Crippen LogP contribution in [0.3, 0.4) is 0 Å². The minimum atomic E-state index is -3.91. The van der Waals surface area contributed by atoms with Crippen LogP contribution in [0.1, 0.15) is 43.6 Å². The lowest BCUT2D eigenvalue weighted by Crippen LogP contribution is -2.35. The quantitative estimate of drug-likeness (QED) is 0.388. The highest BCUT2D eigenvalue weighted by Crippen LogP contribution is 2.36. The molecule has 0 bridgehead atoms. The molecule has 3 aromatic carbocycles. The van der Waals surface area contributed by atoms with Gasteiger partial charge in [-0.05, 0) is 55.3 Å². The summed E-state index contributed by atoms with van der Waals surface area (Å²) in [5.74, 6) is -1.61. The first-order chi connectivity index (χ1) is 16.8. The molecule has 0 fully saturated rings. The highest BCUT2D eigenvalue weighted by atomic mass is 32.2. The summed E-state index contributed by atoms with van der Waals surface area (Å²) in [7, 11) is -3.91. The molecule has 35 heavy (non-hydrogen) atoms. The molecule has 2 aliphatic rings. The Morgan fingerprint density at radius 1 is 0.943 bits per heavy atom. The van der Waals surface area contributed by atoms with E-state index >= 15 is 0 Å². The predicted molar refractivity (Wildman–Crippen MR) is 128 cm³/mol. The SMILES string of the molecule is C[C@@H]1Cc2ccccc2N1S(=O)(=O)c1cccc(C(=O)OCCN2C(=O)c3ccccc3C2=O)c1. The van der Waals surface area contributed by atoms with Crippen molar-refractivity contribution >= 4 is 33.5 Å². The first kappa shape index (κ1) is 22.8. The maximum Gasteiger partial charge on any atom is 0.338 e. The van der Waals surface area contributed by atoms with Crippen molar-refractivity contribution < 1.29 is 27.5 Å². The van der Waals surface area contributed by atoms with E-state index in [1.807, 2.05) is 19.1 Å². The van der Waals surface area contributed by atoms with Gasteiger partial charge in [0, 0.05) is 6.04 Å². The third-order valence-corrected chi connectivity index (χ3v) is 8.12. The third-order valence-electron chi connectivity index (χ3n) is 6.20. The number of anilines is 1. The zero-order chi connectivity index (χ0) is 24.7. The van der Waals surface area contributed by atoms with Gasteiger partial charge in [0.05, 0.1) is 33.8 Å². The number of benzene rings is 3. The van der Waals surface area contributed by atoms with E-state index < -0.39 is 27.8 Å².